The van der Waals surface area contributed by atoms with Crippen LogP contribution in [0, 0.1) is 19.8 Å². The molecule has 1 atom stereocenters. The van der Waals surface area contributed by atoms with Gasteiger partial charge in [0.05, 0.1) is 4.83 Å². The van der Waals surface area contributed by atoms with Crippen molar-refractivity contribution in [1.29, 1.82) is 0 Å². The van der Waals surface area contributed by atoms with E-state index in [0.29, 0.717) is 5.56 Å². The first-order valence-corrected chi connectivity index (χ1v) is 6.21. The Morgan fingerprint density at radius 3 is 1.74 bits per heavy atom. The molecule has 0 aliphatic rings. The highest BCUT2D eigenvalue weighted by Crippen LogP contribution is 2.50. The fourth-order valence-corrected chi connectivity index (χ4v) is 2.53. The number of rotatable bonds is 2. The smallest absolute Gasteiger partial charge is 0.170 e. The second kappa shape index (κ2) is 5.34. The van der Waals surface area contributed by atoms with E-state index in [1.54, 1.807) is 13.8 Å². The monoisotopic (exact) mass is 348 g/mol. The third-order valence-corrected chi connectivity index (χ3v) is 3.90. The van der Waals surface area contributed by atoms with E-state index in [1.807, 2.05) is 0 Å². The molecular weight excluding hydrogens is 338 g/mol. The molecule has 0 nitrogen and oxygen atoms in total. The van der Waals surface area contributed by atoms with Crippen LogP contribution >= 0.6 is 15.9 Å². The van der Waals surface area contributed by atoms with Gasteiger partial charge >= 0.3 is 12.4 Å². The van der Waals surface area contributed by atoms with Crippen molar-refractivity contribution >= 4 is 15.9 Å². The van der Waals surface area contributed by atoms with Crippen LogP contribution in [-0.2, 0) is 0 Å². The number of alkyl halides is 7. The molecule has 0 saturated carbocycles. The van der Waals surface area contributed by atoms with Gasteiger partial charge in [-0.05, 0) is 30.5 Å². The Kier molecular flexibility index (Phi) is 4.59. The lowest BCUT2D eigenvalue weighted by molar-refractivity contribution is -0.283. The number of halogens is 7. The summed E-state index contributed by atoms with van der Waals surface area (Å²) >= 11 is 2.54. The van der Waals surface area contributed by atoms with E-state index in [-0.39, 0.29) is 5.56 Å². The molecule has 0 aromatic heterocycles. The van der Waals surface area contributed by atoms with Crippen LogP contribution in [0.3, 0.4) is 0 Å². The second-order valence-corrected chi connectivity index (χ2v) is 5.29. The van der Waals surface area contributed by atoms with Gasteiger partial charge in [0.1, 0.15) is 0 Å². The normalized spacial score (nSPS) is 14.8. The van der Waals surface area contributed by atoms with Gasteiger partial charge in [0, 0.05) is 0 Å². The number of hydrogen-bond donors (Lipinski definition) is 0. The van der Waals surface area contributed by atoms with Gasteiger partial charge in [-0.2, -0.15) is 26.3 Å². The SMILES string of the molecule is Cc1ccc(C(Br)C(C(F)(F)F)C(F)(F)F)cc1C. The van der Waals surface area contributed by atoms with Crippen LogP contribution in [-0.4, -0.2) is 12.4 Å². The molecule has 0 bridgehead atoms. The van der Waals surface area contributed by atoms with Crippen LogP contribution in [0.15, 0.2) is 18.2 Å². The maximum atomic E-state index is 12.6. The topological polar surface area (TPSA) is 0 Å². The summed E-state index contributed by atoms with van der Waals surface area (Å²) in [6.45, 7) is 3.36. The molecular formula is C12H11BrF6. The van der Waals surface area contributed by atoms with Gasteiger partial charge < -0.3 is 0 Å². The third-order valence-electron chi connectivity index (χ3n) is 2.85. The molecule has 0 radical (unpaired) electrons. The number of hydrogen-bond acceptors (Lipinski definition) is 0. The summed E-state index contributed by atoms with van der Waals surface area (Å²) in [7, 11) is 0. The average molecular weight is 349 g/mol. The predicted octanol–water partition coefficient (Wildman–Crippen LogP) is 5.48. The highest BCUT2D eigenvalue weighted by atomic mass is 79.9. The van der Waals surface area contributed by atoms with Crippen molar-refractivity contribution in [3.05, 3.63) is 34.9 Å². The van der Waals surface area contributed by atoms with E-state index in [1.165, 1.54) is 18.2 Å². The highest BCUT2D eigenvalue weighted by Gasteiger charge is 2.59. The maximum Gasteiger partial charge on any atom is 0.401 e. The maximum absolute atomic E-state index is 12.6. The molecule has 7 heteroatoms. The third kappa shape index (κ3) is 3.87. The first kappa shape index (κ1) is 16.3. The van der Waals surface area contributed by atoms with E-state index in [9.17, 15) is 26.3 Å². The zero-order valence-corrected chi connectivity index (χ0v) is 11.6. The molecule has 108 valence electrons. The molecule has 0 heterocycles. The van der Waals surface area contributed by atoms with E-state index >= 15 is 0 Å². The van der Waals surface area contributed by atoms with Gasteiger partial charge in [0.25, 0.3) is 0 Å². The summed E-state index contributed by atoms with van der Waals surface area (Å²) in [4.78, 5) is -1.85. The number of aryl methyl sites for hydroxylation is 2. The molecule has 1 unspecified atom stereocenters. The van der Waals surface area contributed by atoms with Crippen molar-refractivity contribution in [1.82, 2.24) is 0 Å². The summed E-state index contributed by atoms with van der Waals surface area (Å²) in [5, 5.41) is 0. The van der Waals surface area contributed by atoms with Crippen molar-refractivity contribution in [3.63, 3.8) is 0 Å². The summed E-state index contributed by atoms with van der Waals surface area (Å²) < 4.78 is 75.5. The molecule has 1 aromatic rings. The molecule has 0 fully saturated rings. The molecule has 19 heavy (non-hydrogen) atoms. The van der Waals surface area contributed by atoms with Crippen LogP contribution in [0.4, 0.5) is 26.3 Å². The van der Waals surface area contributed by atoms with Crippen LogP contribution in [0.1, 0.15) is 21.5 Å². The summed E-state index contributed by atoms with van der Waals surface area (Å²) in [5.41, 5.74) is 1.41. The van der Waals surface area contributed by atoms with Gasteiger partial charge in [-0.15, -0.1) is 0 Å². The Hall–Kier alpha value is -0.720. The molecule has 0 aliphatic carbocycles. The van der Waals surface area contributed by atoms with Crippen molar-refractivity contribution in [2.75, 3.05) is 0 Å². The highest BCUT2D eigenvalue weighted by molar-refractivity contribution is 9.09. The van der Waals surface area contributed by atoms with Crippen LogP contribution in [0.2, 0.25) is 0 Å². The predicted molar refractivity (Wildman–Crippen MR) is 63.2 cm³/mol. The molecule has 1 rings (SSSR count). The van der Waals surface area contributed by atoms with Crippen molar-refractivity contribution in [2.24, 2.45) is 5.92 Å². The summed E-state index contributed by atoms with van der Waals surface area (Å²) in [6, 6.07) is 4.11. The fraction of sp³-hybridized carbons (Fsp3) is 0.500. The minimum Gasteiger partial charge on any atom is -0.170 e. The molecule has 0 N–H and O–H groups in total. The molecule has 0 spiro atoms. The van der Waals surface area contributed by atoms with Gasteiger partial charge in [-0.25, -0.2) is 0 Å². The molecule has 0 saturated heterocycles. The number of benzene rings is 1. The minimum absolute atomic E-state index is 0.0391. The zero-order chi connectivity index (χ0) is 15.0. The zero-order valence-electron chi connectivity index (χ0n) is 10.0. The molecule has 1 aromatic carbocycles. The van der Waals surface area contributed by atoms with Crippen LogP contribution in [0.5, 0.6) is 0 Å². The lowest BCUT2D eigenvalue weighted by Gasteiger charge is -2.27. The average Bonchev–Trinajstić information content (AvgIpc) is 2.17. The van der Waals surface area contributed by atoms with Crippen LogP contribution in [0.25, 0.3) is 0 Å². The Morgan fingerprint density at radius 2 is 1.37 bits per heavy atom. The van der Waals surface area contributed by atoms with Crippen molar-refractivity contribution in [2.45, 2.75) is 31.0 Å². The Bertz CT molecular complexity index is 435. The van der Waals surface area contributed by atoms with E-state index in [2.05, 4.69) is 15.9 Å². The Labute approximate surface area is 114 Å². The Balaban J connectivity index is 3.20. The van der Waals surface area contributed by atoms with E-state index in [4.69, 9.17) is 0 Å². The Morgan fingerprint density at radius 1 is 0.895 bits per heavy atom. The van der Waals surface area contributed by atoms with Gasteiger partial charge in [0.15, 0.2) is 5.92 Å². The largest absolute Gasteiger partial charge is 0.401 e. The van der Waals surface area contributed by atoms with Gasteiger partial charge in [-0.1, -0.05) is 34.1 Å². The van der Waals surface area contributed by atoms with Gasteiger partial charge in [-0.3, -0.25) is 0 Å². The summed E-state index contributed by atoms with van der Waals surface area (Å²) in [5.74, 6) is -3.43. The van der Waals surface area contributed by atoms with Gasteiger partial charge in [0.2, 0.25) is 0 Å². The van der Waals surface area contributed by atoms with E-state index in [0.717, 1.165) is 5.56 Å². The summed E-state index contributed by atoms with van der Waals surface area (Å²) in [6.07, 6.45) is -10.7. The first-order chi connectivity index (χ1) is 8.44. The first-order valence-electron chi connectivity index (χ1n) is 5.29. The standard InChI is InChI=1S/C12H11BrF6/c1-6-3-4-8(5-7(6)2)9(13)10(11(14,15)16)12(17,18)19/h3-5,9-10H,1-2H3. The molecule has 0 amide bonds. The quantitative estimate of drug-likeness (QED) is 0.490. The molecule has 0 aliphatic heterocycles. The van der Waals surface area contributed by atoms with Crippen molar-refractivity contribution < 1.29 is 26.3 Å². The lowest BCUT2D eigenvalue weighted by atomic mass is 9.95. The van der Waals surface area contributed by atoms with Crippen LogP contribution < -0.4 is 0 Å². The second-order valence-electron chi connectivity index (χ2n) is 4.31. The fourth-order valence-electron chi connectivity index (χ4n) is 1.65. The minimum atomic E-state index is -5.36. The van der Waals surface area contributed by atoms with Crippen molar-refractivity contribution in [3.8, 4) is 0 Å². The van der Waals surface area contributed by atoms with E-state index < -0.39 is 23.1 Å². The lowest BCUT2D eigenvalue weighted by Crippen LogP contribution is -2.39.